The maximum Gasteiger partial charge on any atom is 0.262 e. The van der Waals surface area contributed by atoms with E-state index in [0.29, 0.717) is 26.3 Å². The van der Waals surface area contributed by atoms with Crippen LogP contribution in [0, 0.1) is 11.6 Å². The van der Waals surface area contributed by atoms with Crippen LogP contribution in [0.15, 0.2) is 30.9 Å². The highest BCUT2D eigenvalue weighted by molar-refractivity contribution is 6.03. The number of pyridine rings is 1. The zero-order chi connectivity index (χ0) is 29.9. The number of phenolic OH excluding ortho intramolecular Hbond substituents is 1. The van der Waals surface area contributed by atoms with E-state index in [4.69, 9.17) is 9.47 Å². The van der Waals surface area contributed by atoms with E-state index >= 15 is 8.78 Å². The summed E-state index contributed by atoms with van der Waals surface area (Å²) < 4.78 is 42.9. The predicted molar refractivity (Wildman–Crippen MR) is 151 cm³/mol. The fraction of sp³-hybridized carbons (Fsp3) is 0.500. The number of fused-ring (bicyclic) bond motifs is 2. The van der Waals surface area contributed by atoms with Crippen LogP contribution in [0.5, 0.6) is 11.5 Å². The number of amides is 2. The number of ether oxygens (including phenoxy) is 2. The number of phenols is 1. The molecule has 224 valence electrons. The van der Waals surface area contributed by atoms with Gasteiger partial charge in [0.1, 0.15) is 35.2 Å². The van der Waals surface area contributed by atoms with Crippen molar-refractivity contribution >= 4 is 17.6 Å². The highest BCUT2D eigenvalue weighted by Crippen LogP contribution is 2.46. The molecule has 1 unspecified atom stereocenters. The lowest BCUT2D eigenvalue weighted by atomic mass is 9.98. The number of nitrogens with zero attached hydrogens (tertiary/aromatic N) is 5. The molecule has 2 aromatic rings. The van der Waals surface area contributed by atoms with E-state index in [0.717, 1.165) is 12.5 Å². The Labute approximate surface area is 243 Å². The quantitative estimate of drug-likeness (QED) is 0.537. The fourth-order valence-electron chi connectivity index (χ4n) is 6.50. The Morgan fingerprint density at radius 1 is 1.17 bits per heavy atom. The normalized spacial score (nSPS) is 23.7. The van der Waals surface area contributed by atoms with E-state index in [1.807, 2.05) is 25.8 Å². The first-order chi connectivity index (χ1) is 20.0. The standard InChI is InChI=1S/C30H35F2N5O5/c1-5-22(39)35-9-10-36-18(12-35)16-42-27-24(29(36)40)28(33-26(25(27)32)23-20(31)7-6-8-21(23)38)37-13-17(11-30(37,2)3)34(4)19-14-41-15-19/h5-8,17-19,38H,1,9-16H2,2-4H3/t17?,18-/m1/s1. The summed E-state index contributed by atoms with van der Waals surface area (Å²) in [5.74, 6) is -3.26. The van der Waals surface area contributed by atoms with Gasteiger partial charge >= 0.3 is 0 Å². The van der Waals surface area contributed by atoms with Gasteiger partial charge in [0.25, 0.3) is 5.91 Å². The summed E-state index contributed by atoms with van der Waals surface area (Å²) in [4.78, 5) is 38.6. The lowest BCUT2D eigenvalue weighted by molar-refractivity contribution is -0.128. The van der Waals surface area contributed by atoms with Crippen molar-refractivity contribution in [1.82, 2.24) is 19.7 Å². The van der Waals surface area contributed by atoms with E-state index in [1.54, 1.807) is 9.80 Å². The predicted octanol–water partition coefficient (Wildman–Crippen LogP) is 2.65. The number of hydrogen-bond acceptors (Lipinski definition) is 8. The maximum absolute atomic E-state index is 16.4. The van der Waals surface area contributed by atoms with Crippen molar-refractivity contribution in [3.63, 3.8) is 0 Å². The van der Waals surface area contributed by atoms with Crippen molar-refractivity contribution in [3.05, 3.63) is 48.1 Å². The van der Waals surface area contributed by atoms with Crippen LogP contribution in [0.2, 0.25) is 0 Å². The maximum atomic E-state index is 16.4. The number of piperazine rings is 1. The minimum absolute atomic E-state index is 0.0403. The van der Waals surface area contributed by atoms with E-state index in [2.05, 4.69) is 16.5 Å². The van der Waals surface area contributed by atoms with Crippen molar-refractivity contribution in [2.45, 2.75) is 43.9 Å². The lowest BCUT2D eigenvalue weighted by Crippen LogP contribution is -2.57. The molecular weight excluding hydrogens is 548 g/mol. The number of benzene rings is 1. The van der Waals surface area contributed by atoms with E-state index < -0.39 is 46.1 Å². The van der Waals surface area contributed by atoms with Gasteiger partial charge in [0.2, 0.25) is 5.91 Å². The molecule has 0 bridgehead atoms. The van der Waals surface area contributed by atoms with E-state index in [1.165, 1.54) is 18.2 Å². The summed E-state index contributed by atoms with van der Waals surface area (Å²) in [5, 5.41) is 10.6. The average molecular weight is 584 g/mol. The summed E-state index contributed by atoms with van der Waals surface area (Å²) in [7, 11) is 2.04. The first-order valence-corrected chi connectivity index (χ1v) is 14.2. The van der Waals surface area contributed by atoms with Crippen molar-refractivity contribution in [2.24, 2.45) is 0 Å². The molecule has 0 saturated carbocycles. The number of anilines is 1. The number of carbonyl (C=O) groups excluding carboxylic acids is 2. The molecule has 3 saturated heterocycles. The summed E-state index contributed by atoms with van der Waals surface area (Å²) in [6, 6.07) is 3.51. The molecule has 10 nitrogen and oxygen atoms in total. The number of likely N-dealkylation sites (N-methyl/N-ethyl adjacent to an activating group) is 1. The van der Waals surface area contributed by atoms with Gasteiger partial charge in [-0.3, -0.25) is 14.5 Å². The first kappa shape index (κ1) is 28.4. The summed E-state index contributed by atoms with van der Waals surface area (Å²) in [6.07, 6.45) is 1.95. The van der Waals surface area contributed by atoms with Crippen molar-refractivity contribution in [2.75, 3.05) is 57.9 Å². The highest BCUT2D eigenvalue weighted by atomic mass is 19.1. The highest BCUT2D eigenvalue weighted by Gasteiger charge is 2.47. The third-order valence-corrected chi connectivity index (χ3v) is 9.06. The second kappa shape index (κ2) is 10.5. The molecule has 3 fully saturated rings. The van der Waals surface area contributed by atoms with Gasteiger partial charge in [-0.1, -0.05) is 12.6 Å². The molecule has 2 atom stereocenters. The molecule has 5 heterocycles. The molecule has 12 heteroatoms. The van der Waals surface area contributed by atoms with Gasteiger partial charge in [0.15, 0.2) is 11.6 Å². The lowest BCUT2D eigenvalue weighted by Gasteiger charge is -2.40. The van der Waals surface area contributed by atoms with Crippen molar-refractivity contribution in [3.8, 4) is 22.8 Å². The number of aromatic hydroxyl groups is 1. The van der Waals surface area contributed by atoms with Gasteiger partial charge in [-0.2, -0.15) is 0 Å². The molecule has 0 spiro atoms. The molecule has 0 aliphatic carbocycles. The molecule has 6 rings (SSSR count). The van der Waals surface area contributed by atoms with Gasteiger partial charge in [0, 0.05) is 37.8 Å². The zero-order valence-electron chi connectivity index (χ0n) is 24.0. The monoisotopic (exact) mass is 583 g/mol. The molecular formula is C30H35F2N5O5. The minimum atomic E-state index is -1.03. The summed E-state index contributed by atoms with van der Waals surface area (Å²) in [6.45, 7) is 9.99. The van der Waals surface area contributed by atoms with Crippen LogP contribution < -0.4 is 9.64 Å². The van der Waals surface area contributed by atoms with Gasteiger partial charge < -0.3 is 29.3 Å². The Balaban J connectivity index is 1.49. The molecule has 1 aromatic carbocycles. The number of aromatic nitrogens is 1. The molecule has 0 radical (unpaired) electrons. The van der Waals surface area contributed by atoms with Crippen molar-refractivity contribution < 1.29 is 33.0 Å². The van der Waals surface area contributed by atoms with Crippen LogP contribution in [0.25, 0.3) is 11.3 Å². The third-order valence-electron chi connectivity index (χ3n) is 9.06. The average Bonchev–Trinajstić information content (AvgIpc) is 3.17. The minimum Gasteiger partial charge on any atom is -0.507 e. The molecule has 1 aromatic heterocycles. The van der Waals surface area contributed by atoms with Gasteiger partial charge in [0.05, 0.1) is 30.9 Å². The van der Waals surface area contributed by atoms with E-state index in [9.17, 15) is 14.7 Å². The molecule has 2 amide bonds. The SMILES string of the molecule is C=CC(=O)N1CCN2C(=O)c3c(N4CC(N(C)C5COC5)CC4(C)C)nc(-c4c(O)cccc4F)c(F)c3OC[C@H]2C1. The molecule has 1 N–H and O–H groups in total. The van der Waals surface area contributed by atoms with Crippen molar-refractivity contribution in [1.29, 1.82) is 0 Å². The molecule has 42 heavy (non-hydrogen) atoms. The second-order valence-corrected chi connectivity index (χ2v) is 12.0. The topological polar surface area (TPSA) is 98.7 Å². The van der Waals surface area contributed by atoms with E-state index in [-0.39, 0.29) is 54.8 Å². The van der Waals surface area contributed by atoms with Crippen LogP contribution >= 0.6 is 0 Å². The number of halogens is 2. The number of hydrogen-bond donors (Lipinski definition) is 1. The summed E-state index contributed by atoms with van der Waals surface area (Å²) >= 11 is 0. The Morgan fingerprint density at radius 2 is 1.93 bits per heavy atom. The third kappa shape index (κ3) is 4.57. The number of rotatable bonds is 5. The van der Waals surface area contributed by atoms with Crippen LogP contribution in [0.4, 0.5) is 14.6 Å². The second-order valence-electron chi connectivity index (χ2n) is 12.0. The Kier molecular flexibility index (Phi) is 7.09. The van der Waals surface area contributed by atoms with Crippen LogP contribution in [0.1, 0.15) is 30.6 Å². The van der Waals surface area contributed by atoms with Gasteiger partial charge in [-0.15, -0.1) is 0 Å². The Morgan fingerprint density at radius 3 is 2.60 bits per heavy atom. The zero-order valence-corrected chi connectivity index (χ0v) is 24.0. The summed E-state index contributed by atoms with van der Waals surface area (Å²) in [5.41, 5.74) is -1.40. The molecule has 4 aliphatic heterocycles. The van der Waals surface area contributed by atoms with Crippen LogP contribution in [0.3, 0.4) is 0 Å². The fourth-order valence-corrected chi connectivity index (χ4v) is 6.50. The molecule has 4 aliphatic rings. The first-order valence-electron chi connectivity index (χ1n) is 14.2. The Hall–Kier alpha value is -3.77. The number of carbonyl (C=O) groups is 2. The Bertz CT molecular complexity index is 1430. The van der Waals surface area contributed by atoms with Gasteiger partial charge in [-0.25, -0.2) is 13.8 Å². The smallest absolute Gasteiger partial charge is 0.262 e. The largest absolute Gasteiger partial charge is 0.507 e. The van der Waals surface area contributed by atoms with Crippen LogP contribution in [-0.2, 0) is 9.53 Å². The van der Waals surface area contributed by atoms with Gasteiger partial charge in [-0.05, 0) is 45.5 Å². The van der Waals surface area contributed by atoms with Crippen LogP contribution in [-0.4, -0.2) is 113 Å².